The Kier molecular flexibility index (Phi) is 9.34. The van der Waals surface area contributed by atoms with Crippen LogP contribution in [0.1, 0.15) is 30.0 Å². The first kappa shape index (κ1) is 23.6. The fraction of sp³-hybridized carbons (Fsp3) is 0.364. The highest BCUT2D eigenvalue weighted by atomic mass is 35.5. The number of rotatable bonds is 9. The Hall–Kier alpha value is -1.69. The molecule has 2 aromatic carbocycles. The van der Waals surface area contributed by atoms with Gasteiger partial charge in [-0.1, -0.05) is 60.5 Å². The van der Waals surface area contributed by atoms with Crippen LogP contribution < -0.4 is 5.32 Å². The molecule has 0 aliphatic rings. The summed E-state index contributed by atoms with van der Waals surface area (Å²) in [5.41, 5.74) is 3.05. The number of carbonyl (C=O) groups is 2. The van der Waals surface area contributed by atoms with Gasteiger partial charge in [-0.05, 0) is 36.6 Å². The molecule has 4 nitrogen and oxygen atoms in total. The third-order valence-corrected chi connectivity index (χ3v) is 6.44. The number of nitrogens with zero attached hydrogens (tertiary/aromatic N) is 1. The molecular weight excluding hydrogens is 427 g/mol. The van der Waals surface area contributed by atoms with Crippen LogP contribution in [-0.2, 0) is 21.9 Å². The monoisotopic (exact) mass is 452 g/mol. The summed E-state index contributed by atoms with van der Waals surface area (Å²) in [7, 11) is 1.57. The zero-order chi connectivity index (χ0) is 21.4. The average molecular weight is 453 g/mol. The number of hydrogen-bond donors (Lipinski definition) is 1. The molecule has 156 valence electrons. The molecule has 29 heavy (non-hydrogen) atoms. The van der Waals surface area contributed by atoms with E-state index in [1.54, 1.807) is 30.1 Å². The van der Waals surface area contributed by atoms with Gasteiger partial charge in [0.25, 0.3) is 0 Å². The zero-order valence-electron chi connectivity index (χ0n) is 16.9. The predicted molar refractivity (Wildman–Crippen MR) is 122 cm³/mol. The number of thioether (sulfide) groups is 1. The minimum Gasteiger partial charge on any atom is -0.357 e. The Labute approximate surface area is 187 Å². The van der Waals surface area contributed by atoms with Gasteiger partial charge in [0.2, 0.25) is 11.8 Å². The van der Waals surface area contributed by atoms with Crippen molar-refractivity contribution in [2.45, 2.75) is 38.6 Å². The molecule has 2 aromatic rings. The van der Waals surface area contributed by atoms with Crippen LogP contribution in [0.5, 0.6) is 0 Å². The highest BCUT2D eigenvalue weighted by molar-refractivity contribution is 7.99. The number of halogens is 2. The molecule has 0 spiro atoms. The van der Waals surface area contributed by atoms with E-state index in [0.717, 1.165) is 5.75 Å². The van der Waals surface area contributed by atoms with Crippen molar-refractivity contribution >= 4 is 46.8 Å². The molecule has 1 N–H and O–H groups in total. The fourth-order valence-corrected chi connectivity index (χ4v) is 4.55. The first-order valence-corrected chi connectivity index (χ1v) is 11.4. The first-order chi connectivity index (χ1) is 13.9. The summed E-state index contributed by atoms with van der Waals surface area (Å²) in [5.74, 6) is 0.683. The van der Waals surface area contributed by atoms with Gasteiger partial charge in [0.1, 0.15) is 6.04 Å². The molecule has 0 heterocycles. The molecule has 1 atom stereocenters. The van der Waals surface area contributed by atoms with Gasteiger partial charge in [-0.3, -0.25) is 9.59 Å². The maximum absolute atomic E-state index is 13.1. The number of amides is 2. The molecule has 0 aliphatic heterocycles. The van der Waals surface area contributed by atoms with Gasteiger partial charge in [-0.2, -0.15) is 0 Å². The third kappa shape index (κ3) is 6.39. The summed E-state index contributed by atoms with van der Waals surface area (Å²) in [6.45, 7) is 4.13. The van der Waals surface area contributed by atoms with Crippen LogP contribution >= 0.6 is 35.0 Å². The van der Waals surface area contributed by atoms with Gasteiger partial charge in [0.05, 0.1) is 5.75 Å². The van der Waals surface area contributed by atoms with Gasteiger partial charge >= 0.3 is 0 Å². The second-order valence-corrected chi connectivity index (χ2v) is 8.48. The topological polar surface area (TPSA) is 49.4 Å². The second kappa shape index (κ2) is 11.5. The minimum atomic E-state index is -0.584. The molecule has 0 aliphatic carbocycles. The van der Waals surface area contributed by atoms with Gasteiger partial charge in [0.15, 0.2) is 0 Å². The van der Waals surface area contributed by atoms with E-state index in [0.29, 0.717) is 22.0 Å². The summed E-state index contributed by atoms with van der Waals surface area (Å²) in [4.78, 5) is 27.1. The third-order valence-electron chi connectivity index (χ3n) is 4.77. The van der Waals surface area contributed by atoms with Gasteiger partial charge in [0, 0.05) is 35.0 Å². The Bertz CT molecular complexity index is 840. The molecule has 0 fully saturated rings. The van der Waals surface area contributed by atoms with E-state index < -0.39 is 6.04 Å². The van der Waals surface area contributed by atoms with Crippen molar-refractivity contribution < 1.29 is 9.59 Å². The largest absolute Gasteiger partial charge is 0.357 e. The average Bonchev–Trinajstić information content (AvgIpc) is 2.71. The van der Waals surface area contributed by atoms with E-state index >= 15 is 0 Å². The quantitative estimate of drug-likeness (QED) is 0.576. The van der Waals surface area contributed by atoms with Crippen molar-refractivity contribution in [1.82, 2.24) is 10.2 Å². The summed E-state index contributed by atoms with van der Waals surface area (Å²) in [6, 6.07) is 12.8. The Morgan fingerprint density at radius 1 is 1.10 bits per heavy atom. The number of hydrogen-bond acceptors (Lipinski definition) is 3. The number of aryl methyl sites for hydroxylation is 1. The van der Waals surface area contributed by atoms with Crippen molar-refractivity contribution in [3.8, 4) is 0 Å². The Morgan fingerprint density at radius 2 is 1.76 bits per heavy atom. The molecule has 0 saturated heterocycles. The molecule has 0 bridgehead atoms. The van der Waals surface area contributed by atoms with Crippen LogP contribution in [0, 0.1) is 6.92 Å². The number of likely N-dealkylation sites (N-methyl/N-ethyl adjacent to an activating group) is 1. The van der Waals surface area contributed by atoms with E-state index in [4.69, 9.17) is 23.2 Å². The maximum atomic E-state index is 13.1. The Morgan fingerprint density at radius 3 is 2.34 bits per heavy atom. The fourth-order valence-electron chi connectivity index (χ4n) is 3.04. The highest BCUT2D eigenvalue weighted by Crippen LogP contribution is 2.27. The molecule has 2 rings (SSSR count). The molecule has 7 heteroatoms. The molecule has 0 saturated carbocycles. The summed E-state index contributed by atoms with van der Waals surface area (Å²) in [5, 5.41) is 3.61. The predicted octanol–water partition coefficient (Wildman–Crippen LogP) is 5.09. The van der Waals surface area contributed by atoms with Crippen LogP contribution in [0.4, 0.5) is 0 Å². The van der Waals surface area contributed by atoms with E-state index in [1.165, 1.54) is 22.9 Å². The van der Waals surface area contributed by atoms with Crippen molar-refractivity contribution in [2.24, 2.45) is 0 Å². The SMILES string of the molecule is CC[C@H](C(=O)NC)N(Cc1c(Cl)cccc1Cl)C(=O)CSCc1ccccc1C. The lowest BCUT2D eigenvalue weighted by Gasteiger charge is -2.30. The lowest BCUT2D eigenvalue weighted by atomic mass is 10.1. The second-order valence-electron chi connectivity index (χ2n) is 6.68. The van der Waals surface area contributed by atoms with Crippen LogP contribution in [0.15, 0.2) is 42.5 Å². The van der Waals surface area contributed by atoms with Crippen molar-refractivity contribution in [1.29, 1.82) is 0 Å². The summed E-state index contributed by atoms with van der Waals surface area (Å²) >= 11 is 14.2. The van der Waals surface area contributed by atoms with Gasteiger partial charge in [-0.15, -0.1) is 11.8 Å². The van der Waals surface area contributed by atoms with E-state index in [-0.39, 0.29) is 24.1 Å². The van der Waals surface area contributed by atoms with E-state index in [1.807, 2.05) is 19.1 Å². The van der Waals surface area contributed by atoms with Crippen molar-refractivity contribution in [3.63, 3.8) is 0 Å². The lowest BCUT2D eigenvalue weighted by molar-refractivity contribution is -0.139. The Balaban J connectivity index is 2.18. The van der Waals surface area contributed by atoms with Crippen LogP contribution in [0.2, 0.25) is 10.0 Å². The highest BCUT2D eigenvalue weighted by Gasteiger charge is 2.29. The zero-order valence-corrected chi connectivity index (χ0v) is 19.2. The number of nitrogens with one attached hydrogen (secondary N) is 1. The van der Waals surface area contributed by atoms with Crippen LogP contribution in [-0.4, -0.2) is 35.6 Å². The first-order valence-electron chi connectivity index (χ1n) is 9.45. The summed E-state index contributed by atoms with van der Waals surface area (Å²) in [6.07, 6.45) is 0.496. The normalized spacial score (nSPS) is 11.8. The van der Waals surface area contributed by atoms with Gasteiger partial charge < -0.3 is 10.2 Å². The minimum absolute atomic E-state index is 0.116. The molecule has 2 amide bonds. The molecule has 0 unspecified atom stereocenters. The van der Waals surface area contributed by atoms with Crippen LogP contribution in [0.3, 0.4) is 0 Å². The van der Waals surface area contributed by atoms with Crippen molar-refractivity contribution in [3.05, 3.63) is 69.2 Å². The maximum Gasteiger partial charge on any atom is 0.242 e. The molecular formula is C22H26Cl2N2O2S. The smallest absolute Gasteiger partial charge is 0.242 e. The standard InChI is InChI=1S/C22H26Cl2N2O2S/c1-4-20(22(28)25-3)26(12-17-18(23)10-7-11-19(17)24)21(27)14-29-13-16-9-6-5-8-15(16)2/h5-11,20H,4,12-14H2,1-3H3,(H,25,28)/t20-/m1/s1. The van der Waals surface area contributed by atoms with Crippen molar-refractivity contribution in [2.75, 3.05) is 12.8 Å². The van der Waals surface area contributed by atoms with Gasteiger partial charge in [-0.25, -0.2) is 0 Å². The van der Waals surface area contributed by atoms with E-state index in [9.17, 15) is 9.59 Å². The molecule has 0 radical (unpaired) electrons. The van der Waals surface area contributed by atoms with Crippen LogP contribution in [0.25, 0.3) is 0 Å². The number of benzene rings is 2. The lowest BCUT2D eigenvalue weighted by Crippen LogP contribution is -2.48. The van der Waals surface area contributed by atoms with E-state index in [2.05, 4.69) is 24.4 Å². The summed E-state index contributed by atoms with van der Waals surface area (Å²) < 4.78 is 0. The molecule has 0 aromatic heterocycles. The number of carbonyl (C=O) groups excluding carboxylic acids is 2.